The number of unbranched alkanes of at least 4 members (excludes halogenated alkanes) is 1. The van der Waals surface area contributed by atoms with Crippen LogP contribution < -0.4 is 43.9 Å². The molecule has 0 radical (unpaired) electrons. The first-order chi connectivity index (χ1) is 41.0. The Morgan fingerprint density at radius 1 is 0.943 bits per heavy atom. The van der Waals surface area contributed by atoms with Gasteiger partial charge in [0, 0.05) is 73.7 Å². The number of aromatic nitrogens is 4. The molecule has 0 bridgehead atoms. The van der Waals surface area contributed by atoms with Crippen molar-refractivity contribution in [1.29, 1.82) is 0 Å². The standard InChI is InChI=1S/C56H72I2N8O19P2/c1-34-15-7-8-18-37(34)29-36(16-11-12-27-67)17-13-21-42-54(3,4)39-19-9-10-20-40(39)64(42)26-14-28-79-87(77,78)80-32-41-45(44(69)50(82-41)65-30-35(2)48(70)61-51(65)72)84-86(6,76)81-33-55(5)47(83-63-53(74)75)46(57)56(58,85-55)66-31-38(49(71)62-52(66)73)22-23-43(68)60-25-24-59/h7-10,13,15-23,30-31,41,44-47,50,63,67,69H,11-12,14,24-29,32-33,59H2,1-6H3,(H,60,68)(H,74,75)(H,77,78)(H,61,70,72)(H,62,71,73)/b17-13+,23-22+,36-16+,42-21+/t41-,44?,45?,46?,47?,50-,55-,56+,86?/m1/s1. The predicted octanol–water partition coefficient (Wildman–Crippen LogP) is 5.18. The van der Waals surface area contributed by atoms with E-state index in [1.807, 2.05) is 64.5 Å². The number of carbonyl (C=O) groups excluding carboxylic acids is 1. The molecule has 6 unspecified atom stereocenters. The van der Waals surface area contributed by atoms with E-state index in [0.717, 1.165) is 62.9 Å². The highest BCUT2D eigenvalue weighted by Crippen LogP contribution is 2.55. The van der Waals surface area contributed by atoms with Gasteiger partial charge in [0.15, 0.2) is 6.23 Å². The van der Waals surface area contributed by atoms with E-state index in [-0.39, 0.29) is 43.9 Å². The molecule has 2 saturated heterocycles. The summed E-state index contributed by atoms with van der Waals surface area (Å²) in [7, 11) is -9.52. The Bertz CT molecular complexity index is 3630. The smallest absolute Gasteiger partial charge is 0.464 e. The number of ether oxygens (including phenoxy) is 2. The molecule has 3 aliphatic rings. The fraction of sp³-hybridized carbons (Fsp3) is 0.464. The molecular formula is C56H72I2N8O19P2. The molecule has 2 aromatic heterocycles. The van der Waals surface area contributed by atoms with Crippen LogP contribution in [0.2, 0.25) is 0 Å². The molecule has 10 atom stereocenters. The van der Waals surface area contributed by atoms with E-state index >= 15 is 0 Å². The average Bonchev–Trinajstić information content (AvgIpc) is 1.68. The summed E-state index contributed by atoms with van der Waals surface area (Å²) in [4.78, 5) is 99.0. The average molecular weight is 1480 g/mol. The van der Waals surface area contributed by atoms with E-state index in [2.05, 4.69) is 77.4 Å². The lowest BCUT2D eigenvalue weighted by molar-refractivity contribution is -0.145. The van der Waals surface area contributed by atoms with Crippen molar-refractivity contribution in [3.63, 3.8) is 0 Å². The fourth-order valence-electron chi connectivity index (χ4n) is 10.1. The molecule has 2 fully saturated rings. The summed E-state index contributed by atoms with van der Waals surface area (Å²) in [5, 5.41) is 33.4. The lowest BCUT2D eigenvalue weighted by Gasteiger charge is -2.32. The number of aliphatic hydroxyl groups is 2. The number of carboxylic acid groups (broad SMARTS) is 1. The number of nitrogens with one attached hydrogen (secondary N) is 4. The largest absolute Gasteiger partial charge is 0.472 e. The number of alkyl halides is 2. The van der Waals surface area contributed by atoms with Crippen LogP contribution in [0, 0.1) is 13.8 Å². The Balaban J connectivity index is 1.07. The SMILES string of the molecule is Cc1ccccc1CC(=C/CCCO)/C=C/C=C1/N(CCCOP(=O)(O)OC[C@H]2O[C@@H](n3cc(C)c(=O)[nH]c3=O)C(O)C2OP(C)(=O)OC[C@@]2(C)O[C@@](I)(n3cc(/C=C/C(=O)NCCN)c(=O)[nH]c3=O)C(I)C2ONC(=O)O)c2ccccc2C1(C)C. The van der Waals surface area contributed by atoms with Gasteiger partial charge in [0.1, 0.15) is 33.9 Å². The number of phosphoric ester groups is 1. The number of benzene rings is 2. The molecule has 2 aromatic carbocycles. The molecule has 27 nitrogen and oxygen atoms in total. The highest BCUT2D eigenvalue weighted by molar-refractivity contribution is 14.1. The molecule has 0 spiro atoms. The highest BCUT2D eigenvalue weighted by Gasteiger charge is 2.63. The second kappa shape index (κ2) is 29.6. The normalized spacial score (nSPS) is 25.5. The lowest BCUT2D eigenvalue weighted by atomic mass is 9.83. The van der Waals surface area contributed by atoms with E-state index in [1.165, 1.54) is 25.0 Å². The number of allylic oxidation sites excluding steroid dienone is 6. The van der Waals surface area contributed by atoms with E-state index < -0.39 is 112 Å². The minimum atomic E-state index is -4.97. The number of nitrogens with zero attached hydrogens (tertiary/aromatic N) is 3. The third-order valence-corrected chi connectivity index (χ3v) is 20.9. The summed E-state index contributed by atoms with van der Waals surface area (Å²) in [6.07, 6.45) is 4.95. The monoisotopic (exact) mass is 1480 g/mol. The molecule has 10 N–H and O–H groups in total. The minimum Gasteiger partial charge on any atom is -0.464 e. The van der Waals surface area contributed by atoms with Crippen molar-refractivity contribution < 1.29 is 71.3 Å². The number of nitrogens with two attached hydrogens (primary N) is 1. The van der Waals surface area contributed by atoms with Gasteiger partial charge in [-0.25, -0.2) is 18.9 Å². The summed E-state index contributed by atoms with van der Waals surface area (Å²) in [5.41, 5.74) is 7.68. The van der Waals surface area contributed by atoms with Gasteiger partial charge in [-0.3, -0.25) is 56.5 Å². The third-order valence-electron chi connectivity index (χ3n) is 14.6. The van der Waals surface area contributed by atoms with Crippen LogP contribution in [0.1, 0.15) is 74.1 Å². The summed E-state index contributed by atoms with van der Waals surface area (Å²) in [6, 6.07) is 16.1. The van der Waals surface area contributed by atoms with Crippen LogP contribution >= 0.6 is 60.6 Å². The molecule has 31 heteroatoms. The van der Waals surface area contributed by atoms with Gasteiger partial charge < -0.3 is 50.2 Å². The molecule has 2 amide bonds. The van der Waals surface area contributed by atoms with Crippen LogP contribution in [0.3, 0.4) is 0 Å². The quantitative estimate of drug-likeness (QED) is 0.00672. The Labute approximate surface area is 527 Å². The lowest BCUT2D eigenvalue weighted by Crippen LogP contribution is -2.48. The number of carbonyl (C=O) groups is 2. The zero-order chi connectivity index (χ0) is 63.6. The number of fused-ring (bicyclic) bond motifs is 1. The molecule has 0 aliphatic carbocycles. The number of hydroxylamine groups is 1. The second-order valence-electron chi connectivity index (χ2n) is 21.6. The van der Waals surface area contributed by atoms with E-state index in [4.69, 9.17) is 38.1 Å². The van der Waals surface area contributed by atoms with Crippen molar-refractivity contribution >= 4 is 84.4 Å². The van der Waals surface area contributed by atoms with Gasteiger partial charge in [-0.1, -0.05) is 97.1 Å². The first kappa shape index (κ1) is 69.3. The van der Waals surface area contributed by atoms with E-state index in [1.54, 1.807) is 22.6 Å². The van der Waals surface area contributed by atoms with Gasteiger partial charge in [0.05, 0.1) is 25.4 Å². The number of hydrogen-bond acceptors (Lipinski definition) is 19. The molecule has 5 heterocycles. The number of para-hydroxylation sites is 1. The van der Waals surface area contributed by atoms with E-state index in [0.29, 0.717) is 25.8 Å². The molecular weight excluding hydrogens is 1400 g/mol. The number of rotatable bonds is 28. The van der Waals surface area contributed by atoms with Crippen molar-refractivity contribution in [3.05, 3.63) is 172 Å². The van der Waals surface area contributed by atoms with Crippen LogP contribution in [0.25, 0.3) is 6.08 Å². The summed E-state index contributed by atoms with van der Waals surface area (Å²) < 4.78 is 62.4. The zero-order valence-electron chi connectivity index (χ0n) is 48.5. The van der Waals surface area contributed by atoms with Gasteiger partial charge >= 0.3 is 32.9 Å². The fourth-order valence-corrected chi connectivity index (χ4v) is 14.7. The van der Waals surface area contributed by atoms with Crippen molar-refractivity contribution in [3.8, 4) is 0 Å². The van der Waals surface area contributed by atoms with Gasteiger partial charge in [-0.2, -0.15) is 5.48 Å². The number of anilines is 1. The molecule has 3 aliphatic heterocycles. The van der Waals surface area contributed by atoms with Crippen LogP contribution in [-0.2, 0) is 61.9 Å². The van der Waals surface area contributed by atoms with Gasteiger partial charge in [0.25, 0.3) is 11.1 Å². The molecule has 87 heavy (non-hydrogen) atoms. The van der Waals surface area contributed by atoms with Crippen LogP contribution in [0.4, 0.5) is 10.5 Å². The highest BCUT2D eigenvalue weighted by atomic mass is 127. The number of H-pyrrole nitrogens is 2. The van der Waals surface area contributed by atoms with Gasteiger partial charge in [-0.15, -0.1) is 0 Å². The second-order valence-corrected chi connectivity index (χ2v) is 27.9. The maximum atomic E-state index is 14.6. The number of amides is 2. The Morgan fingerprint density at radius 2 is 1.66 bits per heavy atom. The van der Waals surface area contributed by atoms with Crippen LogP contribution in [0.15, 0.2) is 122 Å². The summed E-state index contributed by atoms with van der Waals surface area (Å²) >= 11 is 3.57. The maximum Gasteiger partial charge on any atom is 0.472 e. The number of aromatic amines is 2. The number of aryl methyl sites for hydroxylation is 2. The summed E-state index contributed by atoms with van der Waals surface area (Å²) in [5.74, 6) is -0.587. The zero-order valence-corrected chi connectivity index (χ0v) is 54.6. The maximum absolute atomic E-state index is 14.6. The number of halogens is 2. The number of aliphatic hydroxyl groups excluding tert-OH is 2. The van der Waals surface area contributed by atoms with Crippen LogP contribution in [0.5, 0.6) is 0 Å². The van der Waals surface area contributed by atoms with Gasteiger partial charge in [-0.05, 0) is 110 Å². The number of hydrogen-bond donors (Lipinski definition) is 9. The predicted molar refractivity (Wildman–Crippen MR) is 338 cm³/mol. The third kappa shape index (κ3) is 17.0. The van der Waals surface area contributed by atoms with Crippen molar-refractivity contribution in [2.75, 3.05) is 57.6 Å². The molecule has 7 rings (SSSR count). The minimum absolute atomic E-state index is 0.0345. The van der Waals surface area contributed by atoms with Crippen molar-refractivity contribution in [1.82, 2.24) is 29.9 Å². The van der Waals surface area contributed by atoms with E-state index in [9.17, 15) is 58.1 Å². The Morgan fingerprint density at radius 3 is 2.37 bits per heavy atom. The summed E-state index contributed by atoms with van der Waals surface area (Å²) in [6.45, 7) is 8.88. The number of phosphoric acid groups is 1. The van der Waals surface area contributed by atoms with Crippen molar-refractivity contribution in [2.24, 2.45) is 5.73 Å². The first-order valence-corrected chi connectivity index (χ1v) is 33.3. The Hall–Kier alpha value is -5.22. The van der Waals surface area contributed by atoms with Crippen molar-refractivity contribution in [2.45, 2.75) is 110 Å². The topological polar surface area (TPSA) is 377 Å². The first-order valence-electron chi connectivity index (χ1n) is 27.5. The molecule has 4 aromatic rings. The molecule has 474 valence electrons. The van der Waals surface area contributed by atoms with Crippen LogP contribution in [-0.4, -0.2) is 138 Å². The van der Waals surface area contributed by atoms with Gasteiger partial charge in [0.2, 0.25) is 9.64 Å². The Kier molecular flexibility index (Phi) is 23.6. The molecule has 0 saturated carbocycles.